The number of aliphatic hydroxyl groups is 1. The summed E-state index contributed by atoms with van der Waals surface area (Å²) in [5.41, 5.74) is 0.266. The molecule has 0 saturated heterocycles. The van der Waals surface area contributed by atoms with E-state index < -0.39 is 41.7 Å². The second-order valence-corrected chi connectivity index (χ2v) is 10.4. The predicted octanol–water partition coefficient (Wildman–Crippen LogP) is 4.74. The van der Waals surface area contributed by atoms with Gasteiger partial charge in [-0.25, -0.2) is 4.79 Å². The number of fused-ring (bicyclic) bond motifs is 1. The van der Waals surface area contributed by atoms with Crippen molar-refractivity contribution >= 4 is 29.2 Å². The van der Waals surface area contributed by atoms with Gasteiger partial charge < -0.3 is 30.3 Å². The summed E-state index contributed by atoms with van der Waals surface area (Å²) in [6, 6.07) is 10.8. The second kappa shape index (κ2) is 13.1. The molecule has 228 valence electrons. The lowest BCUT2D eigenvalue weighted by Crippen LogP contribution is -2.50. The van der Waals surface area contributed by atoms with E-state index in [9.17, 15) is 32.7 Å². The summed E-state index contributed by atoms with van der Waals surface area (Å²) in [5, 5.41) is 15.2. The molecule has 0 radical (unpaired) electrons. The van der Waals surface area contributed by atoms with Gasteiger partial charge in [0, 0.05) is 48.8 Å². The number of carbonyl (C=O) groups excluding carboxylic acids is 3. The summed E-state index contributed by atoms with van der Waals surface area (Å²) in [6.45, 7) is 3.55. The van der Waals surface area contributed by atoms with Crippen LogP contribution in [0, 0.1) is 5.92 Å². The van der Waals surface area contributed by atoms with Crippen molar-refractivity contribution in [2.24, 2.45) is 5.92 Å². The quantitative estimate of drug-likeness (QED) is 0.361. The number of nitrogens with zero attached hydrogens (tertiary/aromatic N) is 3. The van der Waals surface area contributed by atoms with E-state index in [-0.39, 0.29) is 42.6 Å². The first-order valence-corrected chi connectivity index (χ1v) is 13.5. The van der Waals surface area contributed by atoms with Crippen LogP contribution in [0.25, 0.3) is 0 Å². The van der Waals surface area contributed by atoms with Crippen LogP contribution in [0.15, 0.2) is 67.0 Å². The van der Waals surface area contributed by atoms with Crippen molar-refractivity contribution in [2.45, 2.75) is 32.2 Å². The number of nitrogens with one attached hydrogen (secondary N) is 2. The third-order valence-electron chi connectivity index (χ3n) is 7.13. The van der Waals surface area contributed by atoms with Crippen LogP contribution in [0.4, 0.5) is 29.3 Å². The van der Waals surface area contributed by atoms with E-state index in [0.717, 1.165) is 12.1 Å². The van der Waals surface area contributed by atoms with Crippen molar-refractivity contribution < 1.29 is 37.4 Å². The van der Waals surface area contributed by atoms with E-state index in [2.05, 4.69) is 15.6 Å². The average Bonchev–Trinajstić information content (AvgIpc) is 2.99. The highest BCUT2D eigenvalue weighted by molar-refractivity contribution is 6.05. The minimum Gasteiger partial charge on any atom is -0.487 e. The van der Waals surface area contributed by atoms with Gasteiger partial charge >= 0.3 is 12.2 Å². The Bertz CT molecular complexity index is 1450. The number of alkyl halides is 3. The number of likely N-dealkylation sites (N-methyl/N-ethyl adjacent to an activating group) is 1. The molecule has 1 aliphatic rings. The third-order valence-corrected chi connectivity index (χ3v) is 7.13. The molecular formula is C30H32F3N5O5. The van der Waals surface area contributed by atoms with Crippen LogP contribution < -0.4 is 15.4 Å². The number of hydrogen-bond donors (Lipinski definition) is 3. The van der Waals surface area contributed by atoms with Crippen molar-refractivity contribution in [3.63, 3.8) is 0 Å². The van der Waals surface area contributed by atoms with Gasteiger partial charge in [0.25, 0.3) is 11.8 Å². The normalized spacial score (nSPS) is 17.6. The Morgan fingerprint density at radius 3 is 2.37 bits per heavy atom. The molecule has 0 saturated carbocycles. The minimum absolute atomic E-state index is 0.0726. The molecule has 4 amide bonds. The van der Waals surface area contributed by atoms with Gasteiger partial charge in [0.2, 0.25) is 0 Å². The van der Waals surface area contributed by atoms with E-state index >= 15 is 0 Å². The number of hydrogen-bond acceptors (Lipinski definition) is 6. The van der Waals surface area contributed by atoms with E-state index in [4.69, 9.17) is 4.74 Å². The summed E-state index contributed by atoms with van der Waals surface area (Å²) < 4.78 is 44.9. The predicted molar refractivity (Wildman–Crippen MR) is 153 cm³/mol. The fraction of sp³-hybridized carbons (Fsp3) is 0.333. The van der Waals surface area contributed by atoms with Crippen LogP contribution in [0.2, 0.25) is 0 Å². The molecule has 1 aliphatic heterocycles. The Morgan fingerprint density at radius 1 is 1.09 bits per heavy atom. The number of urea groups is 1. The standard InChI is InChI=1S/C30H32F3N5O5/c1-18-15-38(19(2)17-39)28(41)24-14-23(35-27(40)20-10-12-34-13-11-20)8-9-25(24)43-26(18)16-37(3)29(42)36-22-6-4-21(5-7-22)30(31,32)33/h4-14,18-19,26,39H,15-17H2,1-3H3,(H,35,40)(H,36,42)/t18-,19-,26-/m0/s1. The highest BCUT2D eigenvalue weighted by Gasteiger charge is 2.34. The molecule has 10 nitrogen and oxygen atoms in total. The van der Waals surface area contributed by atoms with E-state index in [0.29, 0.717) is 11.3 Å². The number of halogens is 3. The lowest BCUT2D eigenvalue weighted by molar-refractivity contribution is -0.137. The van der Waals surface area contributed by atoms with E-state index in [1.165, 1.54) is 47.4 Å². The monoisotopic (exact) mass is 599 g/mol. The maximum absolute atomic E-state index is 13.6. The van der Waals surface area contributed by atoms with Crippen LogP contribution in [-0.4, -0.2) is 76.6 Å². The van der Waals surface area contributed by atoms with Gasteiger partial charge in [0.05, 0.1) is 30.3 Å². The molecular weight excluding hydrogens is 567 g/mol. The van der Waals surface area contributed by atoms with Crippen molar-refractivity contribution in [1.29, 1.82) is 0 Å². The number of benzene rings is 2. The van der Waals surface area contributed by atoms with Gasteiger partial charge in [-0.1, -0.05) is 6.92 Å². The summed E-state index contributed by atoms with van der Waals surface area (Å²) in [4.78, 5) is 46.0. The molecule has 1 aromatic heterocycles. The topological polar surface area (TPSA) is 124 Å². The van der Waals surface area contributed by atoms with E-state index in [1.807, 2.05) is 6.92 Å². The van der Waals surface area contributed by atoms with Gasteiger partial charge in [-0.2, -0.15) is 13.2 Å². The largest absolute Gasteiger partial charge is 0.487 e. The number of amides is 4. The molecule has 13 heteroatoms. The molecule has 0 unspecified atom stereocenters. The van der Waals surface area contributed by atoms with Crippen molar-refractivity contribution in [3.05, 3.63) is 83.7 Å². The third kappa shape index (κ3) is 7.60. The zero-order valence-electron chi connectivity index (χ0n) is 23.8. The van der Waals surface area contributed by atoms with Crippen LogP contribution in [0.3, 0.4) is 0 Å². The molecule has 3 atom stereocenters. The van der Waals surface area contributed by atoms with Crippen molar-refractivity contribution in [2.75, 3.05) is 37.4 Å². The van der Waals surface area contributed by atoms with Gasteiger partial charge in [-0.15, -0.1) is 0 Å². The molecule has 2 heterocycles. The zero-order valence-corrected chi connectivity index (χ0v) is 23.8. The SMILES string of the molecule is C[C@H]1CN([C@@H](C)CO)C(=O)c2cc(NC(=O)c3ccncc3)ccc2O[C@H]1CN(C)C(=O)Nc1ccc(C(F)(F)F)cc1. The summed E-state index contributed by atoms with van der Waals surface area (Å²) in [7, 11) is 1.52. The van der Waals surface area contributed by atoms with Crippen LogP contribution in [-0.2, 0) is 6.18 Å². The summed E-state index contributed by atoms with van der Waals surface area (Å²) in [6.07, 6.45) is -2.12. The first-order valence-electron chi connectivity index (χ1n) is 13.5. The maximum Gasteiger partial charge on any atom is 0.416 e. The fourth-order valence-electron chi connectivity index (χ4n) is 4.54. The number of carbonyl (C=O) groups is 3. The maximum atomic E-state index is 13.6. The lowest BCUT2D eigenvalue weighted by Gasteiger charge is -2.38. The van der Waals surface area contributed by atoms with Gasteiger partial charge in [-0.3, -0.25) is 14.6 Å². The summed E-state index contributed by atoms with van der Waals surface area (Å²) in [5.74, 6) is -0.849. The molecule has 43 heavy (non-hydrogen) atoms. The number of pyridine rings is 1. The Morgan fingerprint density at radius 2 is 1.74 bits per heavy atom. The number of rotatable bonds is 7. The molecule has 0 spiro atoms. The van der Waals surface area contributed by atoms with Crippen molar-refractivity contribution in [1.82, 2.24) is 14.8 Å². The first kappa shape index (κ1) is 31.3. The van der Waals surface area contributed by atoms with Crippen LogP contribution >= 0.6 is 0 Å². The average molecular weight is 600 g/mol. The molecule has 0 bridgehead atoms. The molecule has 2 aromatic carbocycles. The highest BCUT2D eigenvalue weighted by atomic mass is 19.4. The number of aromatic nitrogens is 1. The van der Waals surface area contributed by atoms with Gasteiger partial charge in [0.15, 0.2) is 0 Å². The molecule has 4 rings (SSSR count). The number of aliphatic hydroxyl groups excluding tert-OH is 1. The Balaban J connectivity index is 1.55. The van der Waals surface area contributed by atoms with Crippen LogP contribution in [0.5, 0.6) is 5.75 Å². The molecule has 3 N–H and O–H groups in total. The smallest absolute Gasteiger partial charge is 0.416 e. The minimum atomic E-state index is -4.49. The van der Waals surface area contributed by atoms with Gasteiger partial charge in [0.1, 0.15) is 11.9 Å². The highest BCUT2D eigenvalue weighted by Crippen LogP contribution is 2.32. The lowest BCUT2D eigenvalue weighted by atomic mass is 9.99. The summed E-state index contributed by atoms with van der Waals surface area (Å²) >= 11 is 0. The molecule has 3 aromatic rings. The van der Waals surface area contributed by atoms with Crippen LogP contribution in [0.1, 0.15) is 40.1 Å². The Kier molecular flexibility index (Phi) is 9.54. The second-order valence-electron chi connectivity index (χ2n) is 10.4. The molecule has 0 aliphatic carbocycles. The van der Waals surface area contributed by atoms with E-state index in [1.54, 1.807) is 31.2 Å². The number of anilines is 2. The first-order chi connectivity index (χ1) is 20.4. The number of ether oxygens (including phenoxy) is 1. The zero-order chi connectivity index (χ0) is 31.3. The Labute approximate surface area is 246 Å². The van der Waals surface area contributed by atoms with Gasteiger partial charge in [-0.05, 0) is 61.5 Å². The van der Waals surface area contributed by atoms with Crippen molar-refractivity contribution in [3.8, 4) is 5.75 Å². The fourth-order valence-corrected chi connectivity index (χ4v) is 4.54. The Hall–Kier alpha value is -4.65. The molecule has 0 fully saturated rings.